The lowest BCUT2D eigenvalue weighted by Gasteiger charge is -2.30. The van der Waals surface area contributed by atoms with Gasteiger partial charge in [-0.25, -0.2) is 4.79 Å². The minimum absolute atomic E-state index is 0.000787. The second-order valence-corrected chi connectivity index (χ2v) is 4.94. The number of rotatable bonds is 5. The van der Waals surface area contributed by atoms with Crippen molar-refractivity contribution in [2.24, 2.45) is 0 Å². The molecule has 0 N–H and O–H groups in total. The second kappa shape index (κ2) is 7.18. The van der Waals surface area contributed by atoms with Crippen LogP contribution in [-0.2, 0) is 9.47 Å². The Hall–Kier alpha value is -1.21. The number of amides is 1. The Bertz CT molecular complexity index is 275. The minimum atomic E-state index is -0.509. The van der Waals surface area contributed by atoms with Gasteiger partial charge in [-0.2, -0.15) is 0 Å². The van der Waals surface area contributed by atoms with Gasteiger partial charge in [0.25, 0.3) is 0 Å². The third-order valence-electron chi connectivity index (χ3n) is 2.16. The van der Waals surface area contributed by atoms with Crippen molar-refractivity contribution in [1.82, 2.24) is 4.90 Å². The molecule has 98 valence electrons. The standard InChI is InChI=1S/C13H23NO3/c1-7-9-14(11(2)8-10-16-6)12(15)17-13(3,4)5/h1,11H,8-10H2,2-6H3/t11-/m0/s1. The summed E-state index contributed by atoms with van der Waals surface area (Å²) >= 11 is 0. The summed E-state index contributed by atoms with van der Waals surface area (Å²) in [7, 11) is 1.63. The SMILES string of the molecule is C#CCN(C(=O)OC(C)(C)C)[C@@H](C)CCOC. The summed E-state index contributed by atoms with van der Waals surface area (Å²) < 4.78 is 10.3. The Morgan fingerprint density at radius 2 is 2.06 bits per heavy atom. The van der Waals surface area contributed by atoms with Crippen molar-refractivity contribution >= 4 is 6.09 Å². The molecule has 1 amide bonds. The maximum absolute atomic E-state index is 11.9. The van der Waals surface area contributed by atoms with Gasteiger partial charge in [0.1, 0.15) is 5.60 Å². The summed E-state index contributed by atoms with van der Waals surface area (Å²) in [5.41, 5.74) is -0.509. The molecule has 0 aliphatic rings. The van der Waals surface area contributed by atoms with Gasteiger partial charge in [-0.1, -0.05) is 5.92 Å². The zero-order valence-electron chi connectivity index (χ0n) is 11.4. The summed E-state index contributed by atoms with van der Waals surface area (Å²) in [6, 6.07) is 0.000787. The zero-order valence-corrected chi connectivity index (χ0v) is 11.4. The lowest BCUT2D eigenvalue weighted by Crippen LogP contribution is -2.42. The predicted octanol–water partition coefficient (Wildman–Crippen LogP) is 2.28. The molecule has 0 rings (SSSR count). The summed E-state index contributed by atoms with van der Waals surface area (Å²) in [6.07, 6.45) is 5.62. The summed E-state index contributed by atoms with van der Waals surface area (Å²) in [6.45, 7) is 8.27. The van der Waals surface area contributed by atoms with Gasteiger partial charge in [-0.15, -0.1) is 6.42 Å². The topological polar surface area (TPSA) is 38.8 Å². The van der Waals surface area contributed by atoms with Crippen LogP contribution in [0.5, 0.6) is 0 Å². The second-order valence-electron chi connectivity index (χ2n) is 4.94. The van der Waals surface area contributed by atoms with Crippen LogP contribution in [0.15, 0.2) is 0 Å². The maximum Gasteiger partial charge on any atom is 0.411 e. The number of ether oxygens (including phenoxy) is 2. The summed E-state index contributed by atoms with van der Waals surface area (Å²) in [4.78, 5) is 13.5. The van der Waals surface area contributed by atoms with Crippen molar-refractivity contribution in [2.75, 3.05) is 20.3 Å². The molecule has 0 aromatic rings. The van der Waals surface area contributed by atoms with Crippen molar-refractivity contribution in [3.8, 4) is 12.3 Å². The molecule has 0 aromatic carbocycles. The number of nitrogens with zero attached hydrogens (tertiary/aromatic N) is 1. The molecule has 0 aromatic heterocycles. The molecular weight excluding hydrogens is 218 g/mol. The van der Waals surface area contributed by atoms with Crippen molar-refractivity contribution in [3.05, 3.63) is 0 Å². The smallest absolute Gasteiger partial charge is 0.411 e. The first-order chi connectivity index (χ1) is 7.81. The molecule has 0 radical (unpaired) electrons. The van der Waals surface area contributed by atoms with Crippen molar-refractivity contribution in [3.63, 3.8) is 0 Å². The first-order valence-electron chi connectivity index (χ1n) is 5.74. The molecule has 0 fully saturated rings. The number of carbonyl (C=O) groups excluding carboxylic acids is 1. The fraction of sp³-hybridized carbons (Fsp3) is 0.769. The molecular formula is C13H23NO3. The fourth-order valence-electron chi connectivity index (χ4n) is 1.26. The van der Waals surface area contributed by atoms with Gasteiger partial charge in [0.2, 0.25) is 0 Å². The van der Waals surface area contributed by atoms with E-state index in [0.29, 0.717) is 6.61 Å². The molecule has 0 heterocycles. The maximum atomic E-state index is 11.9. The van der Waals surface area contributed by atoms with E-state index in [4.69, 9.17) is 15.9 Å². The van der Waals surface area contributed by atoms with Crippen molar-refractivity contribution in [1.29, 1.82) is 0 Å². The molecule has 0 bridgehead atoms. The van der Waals surface area contributed by atoms with E-state index >= 15 is 0 Å². The van der Waals surface area contributed by atoms with E-state index < -0.39 is 5.60 Å². The Labute approximate surface area is 104 Å². The molecule has 0 aliphatic carbocycles. The van der Waals surface area contributed by atoms with E-state index in [1.807, 2.05) is 27.7 Å². The predicted molar refractivity (Wildman–Crippen MR) is 67.7 cm³/mol. The van der Waals surface area contributed by atoms with Crippen molar-refractivity contribution in [2.45, 2.75) is 45.8 Å². The Morgan fingerprint density at radius 1 is 1.47 bits per heavy atom. The highest BCUT2D eigenvalue weighted by Crippen LogP contribution is 2.13. The van der Waals surface area contributed by atoms with Crippen LogP contribution >= 0.6 is 0 Å². The van der Waals surface area contributed by atoms with Crippen LogP contribution in [0.25, 0.3) is 0 Å². The molecule has 0 spiro atoms. The van der Waals surface area contributed by atoms with Gasteiger partial charge in [-0.3, -0.25) is 4.90 Å². The van der Waals surface area contributed by atoms with E-state index in [0.717, 1.165) is 6.42 Å². The lowest BCUT2D eigenvalue weighted by molar-refractivity contribution is 0.0179. The number of hydrogen-bond donors (Lipinski definition) is 0. The van der Waals surface area contributed by atoms with Crippen LogP contribution in [0.4, 0.5) is 4.79 Å². The number of carbonyl (C=O) groups is 1. The Morgan fingerprint density at radius 3 is 2.47 bits per heavy atom. The van der Waals surface area contributed by atoms with Crippen LogP contribution in [-0.4, -0.2) is 42.9 Å². The third kappa shape index (κ3) is 6.85. The largest absolute Gasteiger partial charge is 0.444 e. The van der Waals surface area contributed by atoms with Crippen LogP contribution < -0.4 is 0 Å². The number of terminal acetylenes is 1. The molecule has 0 unspecified atom stereocenters. The molecule has 1 atom stereocenters. The van der Waals surface area contributed by atoms with Gasteiger partial charge >= 0.3 is 6.09 Å². The monoisotopic (exact) mass is 241 g/mol. The van der Waals surface area contributed by atoms with E-state index in [1.54, 1.807) is 12.0 Å². The average Bonchev–Trinajstić information content (AvgIpc) is 2.19. The zero-order chi connectivity index (χ0) is 13.5. The van der Waals surface area contributed by atoms with Gasteiger partial charge in [-0.05, 0) is 34.1 Å². The Kier molecular flexibility index (Phi) is 6.67. The van der Waals surface area contributed by atoms with Gasteiger partial charge in [0.05, 0.1) is 6.54 Å². The number of hydrogen-bond acceptors (Lipinski definition) is 3. The van der Waals surface area contributed by atoms with Gasteiger partial charge < -0.3 is 9.47 Å². The normalized spacial score (nSPS) is 12.7. The van der Waals surface area contributed by atoms with Gasteiger partial charge in [0, 0.05) is 19.8 Å². The first kappa shape index (κ1) is 15.8. The molecule has 0 saturated heterocycles. The highest BCUT2D eigenvalue weighted by Gasteiger charge is 2.25. The molecule has 4 heteroatoms. The first-order valence-corrected chi connectivity index (χ1v) is 5.74. The molecule has 17 heavy (non-hydrogen) atoms. The highest BCUT2D eigenvalue weighted by atomic mass is 16.6. The third-order valence-corrected chi connectivity index (χ3v) is 2.16. The van der Waals surface area contributed by atoms with Crippen molar-refractivity contribution < 1.29 is 14.3 Å². The quantitative estimate of drug-likeness (QED) is 0.693. The fourth-order valence-corrected chi connectivity index (χ4v) is 1.26. The van der Waals surface area contributed by atoms with Gasteiger partial charge in [0.15, 0.2) is 0 Å². The average molecular weight is 241 g/mol. The minimum Gasteiger partial charge on any atom is -0.444 e. The van der Waals surface area contributed by atoms with E-state index in [-0.39, 0.29) is 18.7 Å². The molecule has 4 nitrogen and oxygen atoms in total. The van der Waals surface area contributed by atoms with Crippen LogP contribution in [0.3, 0.4) is 0 Å². The van der Waals surface area contributed by atoms with E-state index in [9.17, 15) is 4.79 Å². The number of methoxy groups -OCH3 is 1. The van der Waals surface area contributed by atoms with Crippen LogP contribution in [0.1, 0.15) is 34.1 Å². The molecule has 0 aliphatic heterocycles. The summed E-state index contributed by atoms with van der Waals surface area (Å²) in [5.74, 6) is 2.48. The van der Waals surface area contributed by atoms with Crippen LogP contribution in [0, 0.1) is 12.3 Å². The highest BCUT2D eigenvalue weighted by molar-refractivity contribution is 5.68. The summed E-state index contributed by atoms with van der Waals surface area (Å²) in [5, 5.41) is 0. The molecule has 0 saturated carbocycles. The Balaban J connectivity index is 4.51. The van der Waals surface area contributed by atoms with E-state index in [2.05, 4.69) is 5.92 Å². The van der Waals surface area contributed by atoms with Crippen LogP contribution in [0.2, 0.25) is 0 Å². The van der Waals surface area contributed by atoms with E-state index in [1.165, 1.54) is 0 Å². The lowest BCUT2D eigenvalue weighted by atomic mass is 10.2.